The van der Waals surface area contributed by atoms with Gasteiger partial charge in [0.1, 0.15) is 5.78 Å². The number of hydrogen-bond donors (Lipinski definition) is 0. The zero-order valence-electron chi connectivity index (χ0n) is 10.2. The van der Waals surface area contributed by atoms with Gasteiger partial charge in [0.2, 0.25) is 0 Å². The number of carbonyl (C=O) groups excluding carboxylic acids is 1. The van der Waals surface area contributed by atoms with E-state index in [9.17, 15) is 4.79 Å². The highest BCUT2D eigenvalue weighted by atomic mass is 16.1. The van der Waals surface area contributed by atoms with E-state index in [1.54, 1.807) is 0 Å². The third kappa shape index (κ3) is 2.26. The van der Waals surface area contributed by atoms with Crippen molar-refractivity contribution in [3.8, 4) is 0 Å². The van der Waals surface area contributed by atoms with E-state index in [4.69, 9.17) is 0 Å². The molecule has 0 N–H and O–H groups in total. The summed E-state index contributed by atoms with van der Waals surface area (Å²) in [4.78, 5) is 12.1. The third-order valence-electron chi connectivity index (χ3n) is 4.67. The summed E-state index contributed by atoms with van der Waals surface area (Å²) in [7, 11) is 0. The molecule has 0 aromatic rings. The van der Waals surface area contributed by atoms with Gasteiger partial charge in [-0.2, -0.15) is 0 Å². The molecule has 0 radical (unpaired) electrons. The lowest BCUT2D eigenvalue weighted by molar-refractivity contribution is -0.121. The lowest BCUT2D eigenvalue weighted by atomic mass is 9.94. The van der Waals surface area contributed by atoms with Gasteiger partial charge in [-0.25, -0.2) is 0 Å². The van der Waals surface area contributed by atoms with Gasteiger partial charge < -0.3 is 0 Å². The van der Waals surface area contributed by atoms with Gasteiger partial charge in [0.25, 0.3) is 0 Å². The van der Waals surface area contributed by atoms with Gasteiger partial charge >= 0.3 is 0 Å². The van der Waals surface area contributed by atoms with Gasteiger partial charge in [-0.3, -0.25) is 4.79 Å². The van der Waals surface area contributed by atoms with Crippen LogP contribution in [0.5, 0.6) is 0 Å². The van der Waals surface area contributed by atoms with E-state index < -0.39 is 0 Å². The van der Waals surface area contributed by atoms with Gasteiger partial charge in [0, 0.05) is 12.3 Å². The van der Waals surface area contributed by atoms with Crippen LogP contribution in [0.4, 0.5) is 0 Å². The summed E-state index contributed by atoms with van der Waals surface area (Å²) in [6, 6.07) is 0. The molecule has 2 atom stereocenters. The molecule has 2 unspecified atom stereocenters. The molecule has 1 heteroatoms. The molecule has 0 bridgehead atoms. The molecule has 2 fully saturated rings. The molecule has 0 heterocycles. The number of ketones is 1. The minimum atomic E-state index is 0.494. The Morgan fingerprint density at radius 3 is 2.13 bits per heavy atom. The van der Waals surface area contributed by atoms with Crippen LogP contribution in [-0.2, 0) is 4.79 Å². The van der Waals surface area contributed by atoms with Crippen LogP contribution >= 0.6 is 0 Å². The molecule has 2 saturated carbocycles. The first kappa shape index (κ1) is 11.2. The first-order valence-corrected chi connectivity index (χ1v) is 6.80. The van der Waals surface area contributed by atoms with Gasteiger partial charge in [-0.15, -0.1) is 0 Å². The first-order valence-electron chi connectivity index (χ1n) is 6.80. The molecule has 0 aliphatic heterocycles. The topological polar surface area (TPSA) is 17.1 Å². The molecule has 2 aliphatic carbocycles. The normalized spacial score (nSPS) is 33.9. The van der Waals surface area contributed by atoms with Crippen molar-refractivity contribution in [2.24, 2.45) is 23.7 Å². The standard InChI is InChI=1S/C14H24O/c1-3-10(4-2)9-13(15)14-11-7-5-6-8-12(11)14/h10-12,14H,3-9H2,1-2H3. The zero-order chi connectivity index (χ0) is 10.8. The third-order valence-corrected chi connectivity index (χ3v) is 4.67. The van der Waals surface area contributed by atoms with Crippen molar-refractivity contribution in [2.75, 3.05) is 0 Å². The molecule has 15 heavy (non-hydrogen) atoms. The van der Waals surface area contributed by atoms with Gasteiger partial charge in [-0.1, -0.05) is 39.5 Å². The van der Waals surface area contributed by atoms with Crippen molar-refractivity contribution in [3.63, 3.8) is 0 Å². The molecule has 0 saturated heterocycles. The Hall–Kier alpha value is -0.330. The summed E-state index contributed by atoms with van der Waals surface area (Å²) in [5.41, 5.74) is 0. The molecular weight excluding hydrogens is 184 g/mol. The minimum absolute atomic E-state index is 0.494. The van der Waals surface area contributed by atoms with Crippen LogP contribution in [-0.4, -0.2) is 5.78 Å². The van der Waals surface area contributed by atoms with E-state index in [0.29, 0.717) is 17.6 Å². The van der Waals surface area contributed by atoms with Crippen LogP contribution in [0, 0.1) is 23.7 Å². The quantitative estimate of drug-likeness (QED) is 0.671. The Labute approximate surface area is 93.6 Å². The Bertz CT molecular complexity index is 217. The highest BCUT2D eigenvalue weighted by Gasteiger charge is 2.54. The van der Waals surface area contributed by atoms with E-state index in [2.05, 4.69) is 13.8 Å². The van der Waals surface area contributed by atoms with Gasteiger partial charge in [0.05, 0.1) is 0 Å². The molecule has 86 valence electrons. The first-order chi connectivity index (χ1) is 7.27. The molecular formula is C14H24O. The van der Waals surface area contributed by atoms with E-state index in [0.717, 1.165) is 18.3 Å². The van der Waals surface area contributed by atoms with Crippen molar-refractivity contribution in [1.82, 2.24) is 0 Å². The van der Waals surface area contributed by atoms with E-state index >= 15 is 0 Å². The molecule has 0 amide bonds. The smallest absolute Gasteiger partial charge is 0.136 e. The predicted octanol–water partition coefficient (Wildman–Crippen LogP) is 3.82. The average Bonchev–Trinajstić information content (AvgIpc) is 2.99. The second-order valence-electron chi connectivity index (χ2n) is 5.49. The summed E-state index contributed by atoms with van der Waals surface area (Å²) in [6.07, 6.45) is 8.62. The maximum atomic E-state index is 12.1. The Balaban J connectivity index is 1.82. The SMILES string of the molecule is CCC(CC)CC(=O)C1C2CCCCC21. The van der Waals surface area contributed by atoms with Crippen molar-refractivity contribution in [2.45, 2.75) is 58.8 Å². The van der Waals surface area contributed by atoms with E-state index in [1.807, 2.05) is 0 Å². The fourth-order valence-corrected chi connectivity index (χ4v) is 3.47. The van der Waals surface area contributed by atoms with Crippen LogP contribution in [0.2, 0.25) is 0 Å². The van der Waals surface area contributed by atoms with E-state index in [-0.39, 0.29) is 0 Å². The molecule has 0 aromatic carbocycles. The number of carbonyl (C=O) groups is 1. The highest BCUT2D eigenvalue weighted by molar-refractivity contribution is 5.84. The van der Waals surface area contributed by atoms with Crippen LogP contribution < -0.4 is 0 Å². The lowest BCUT2D eigenvalue weighted by Crippen LogP contribution is -2.10. The fraction of sp³-hybridized carbons (Fsp3) is 0.929. The number of rotatable bonds is 5. The Morgan fingerprint density at radius 2 is 1.67 bits per heavy atom. The van der Waals surface area contributed by atoms with Gasteiger partial charge in [-0.05, 0) is 30.6 Å². The summed E-state index contributed by atoms with van der Waals surface area (Å²) in [5, 5.41) is 0. The largest absolute Gasteiger partial charge is 0.299 e. The molecule has 2 rings (SSSR count). The van der Waals surface area contributed by atoms with E-state index in [1.165, 1.54) is 38.5 Å². The monoisotopic (exact) mass is 208 g/mol. The Morgan fingerprint density at radius 1 is 1.13 bits per heavy atom. The van der Waals surface area contributed by atoms with Crippen LogP contribution in [0.1, 0.15) is 58.8 Å². The number of hydrogen-bond acceptors (Lipinski definition) is 1. The summed E-state index contributed by atoms with van der Waals surface area (Å²) < 4.78 is 0. The summed E-state index contributed by atoms with van der Waals surface area (Å²) >= 11 is 0. The maximum Gasteiger partial charge on any atom is 0.136 e. The van der Waals surface area contributed by atoms with Crippen molar-refractivity contribution in [3.05, 3.63) is 0 Å². The molecule has 2 aliphatic rings. The van der Waals surface area contributed by atoms with Gasteiger partial charge in [0.15, 0.2) is 0 Å². The highest BCUT2D eigenvalue weighted by Crippen LogP contribution is 2.56. The van der Waals surface area contributed by atoms with Crippen molar-refractivity contribution < 1.29 is 4.79 Å². The Kier molecular flexibility index (Phi) is 3.48. The molecule has 1 nitrogen and oxygen atoms in total. The molecule has 0 spiro atoms. The van der Waals surface area contributed by atoms with Crippen LogP contribution in [0.3, 0.4) is 0 Å². The lowest BCUT2D eigenvalue weighted by Gasteiger charge is -2.10. The molecule has 0 aromatic heterocycles. The fourth-order valence-electron chi connectivity index (χ4n) is 3.47. The van der Waals surface area contributed by atoms with Crippen LogP contribution in [0.15, 0.2) is 0 Å². The minimum Gasteiger partial charge on any atom is -0.299 e. The second-order valence-corrected chi connectivity index (χ2v) is 5.49. The summed E-state index contributed by atoms with van der Waals surface area (Å²) in [5.74, 6) is 3.36. The average molecular weight is 208 g/mol. The second kappa shape index (κ2) is 4.67. The summed E-state index contributed by atoms with van der Waals surface area (Å²) in [6.45, 7) is 4.42. The number of fused-ring (bicyclic) bond motifs is 1. The zero-order valence-corrected chi connectivity index (χ0v) is 10.2. The predicted molar refractivity (Wildman–Crippen MR) is 62.6 cm³/mol. The van der Waals surface area contributed by atoms with Crippen molar-refractivity contribution in [1.29, 1.82) is 0 Å². The van der Waals surface area contributed by atoms with Crippen LogP contribution in [0.25, 0.3) is 0 Å². The maximum absolute atomic E-state index is 12.1. The number of Topliss-reactive ketones (excluding diaryl/α,β-unsaturated/α-hetero) is 1. The van der Waals surface area contributed by atoms with Crippen molar-refractivity contribution >= 4 is 5.78 Å².